The lowest BCUT2D eigenvalue weighted by Gasteiger charge is -2.06. The summed E-state index contributed by atoms with van der Waals surface area (Å²) in [4.78, 5) is 0. The van der Waals surface area contributed by atoms with Gasteiger partial charge >= 0.3 is 0 Å². The molecule has 0 spiro atoms. The smallest absolute Gasteiger partial charge is 0.234 e. The molecule has 0 aliphatic carbocycles. The number of aryl methyl sites for hydroxylation is 2. The molecule has 0 aliphatic heterocycles. The molecule has 0 aliphatic rings. The summed E-state index contributed by atoms with van der Waals surface area (Å²) >= 11 is 0. The number of hydrogen-bond acceptors (Lipinski definition) is 0. The first-order valence-corrected chi connectivity index (χ1v) is 17.9. The van der Waals surface area contributed by atoms with Gasteiger partial charge in [0, 0.05) is 6.42 Å². The molecule has 224 valence electrons. The molecule has 0 N–H and O–H groups in total. The van der Waals surface area contributed by atoms with Crippen LogP contribution in [0.4, 0.5) is 0 Å². The highest BCUT2D eigenvalue weighted by molar-refractivity contribution is 4.84. The van der Waals surface area contributed by atoms with E-state index in [-0.39, 0.29) is 0 Å². The highest BCUT2D eigenvalue weighted by Crippen LogP contribution is 2.14. The third-order valence-corrected chi connectivity index (χ3v) is 8.60. The van der Waals surface area contributed by atoms with E-state index in [9.17, 15) is 0 Å². The zero-order valence-electron chi connectivity index (χ0n) is 26.8. The van der Waals surface area contributed by atoms with Crippen molar-refractivity contribution in [3.05, 3.63) is 18.2 Å². The number of rotatable bonds is 30. The summed E-state index contributed by atoms with van der Waals surface area (Å²) in [6.07, 6.45) is 44.5. The molecule has 38 heavy (non-hydrogen) atoms. The van der Waals surface area contributed by atoms with Crippen LogP contribution >= 0.6 is 0 Å². The first-order chi connectivity index (χ1) is 18.8. The summed E-state index contributed by atoms with van der Waals surface area (Å²) in [7, 11) is 0. The van der Waals surface area contributed by atoms with Crippen molar-refractivity contribution in [1.82, 2.24) is 4.57 Å². The van der Waals surface area contributed by atoms with Crippen molar-refractivity contribution < 1.29 is 4.57 Å². The quantitative estimate of drug-likeness (QED) is 0.0689. The Bertz CT molecular complexity index is 590. The van der Waals surface area contributed by atoms with Gasteiger partial charge in [-0.1, -0.05) is 162 Å². The van der Waals surface area contributed by atoms with Crippen LogP contribution in [0.25, 0.3) is 0 Å². The lowest BCUT2D eigenvalue weighted by atomic mass is 10.0. The monoisotopic (exact) mass is 532 g/mol. The standard InChI is InChI=1S/C36H71N2/c1-4-7-10-12-14-16-18-19-20-21-22-24-26-28-30-33-38-35-34-37(36(38)31-9-6-3)32-29-27-25-23-17-15-13-11-8-5-2/h34-35H,4-33H2,1-3H3/q+1. The third kappa shape index (κ3) is 20.2. The van der Waals surface area contributed by atoms with Crippen molar-refractivity contribution in [3.63, 3.8) is 0 Å². The van der Waals surface area contributed by atoms with Gasteiger partial charge in [-0.2, -0.15) is 0 Å². The van der Waals surface area contributed by atoms with Crippen molar-refractivity contribution in [3.8, 4) is 0 Å². The van der Waals surface area contributed by atoms with Crippen LogP contribution in [-0.4, -0.2) is 4.57 Å². The molecule has 0 atom stereocenters. The van der Waals surface area contributed by atoms with Crippen LogP contribution in [0.15, 0.2) is 12.4 Å². The van der Waals surface area contributed by atoms with E-state index in [1.165, 1.54) is 193 Å². The van der Waals surface area contributed by atoms with Crippen molar-refractivity contribution in [2.45, 2.75) is 214 Å². The zero-order chi connectivity index (χ0) is 27.4. The molecule has 0 saturated heterocycles. The van der Waals surface area contributed by atoms with E-state index in [1.807, 2.05) is 0 Å². The molecule has 0 bridgehead atoms. The van der Waals surface area contributed by atoms with Crippen molar-refractivity contribution in [2.75, 3.05) is 0 Å². The van der Waals surface area contributed by atoms with Gasteiger partial charge in [-0.3, -0.25) is 0 Å². The van der Waals surface area contributed by atoms with Gasteiger partial charge in [0.2, 0.25) is 0 Å². The Kier molecular flexibility index (Phi) is 25.7. The van der Waals surface area contributed by atoms with Crippen molar-refractivity contribution >= 4 is 0 Å². The average Bonchev–Trinajstić information content (AvgIpc) is 3.31. The summed E-state index contributed by atoms with van der Waals surface area (Å²) in [6.45, 7) is 9.39. The second-order valence-corrected chi connectivity index (χ2v) is 12.3. The van der Waals surface area contributed by atoms with Crippen LogP contribution in [0, 0.1) is 0 Å². The van der Waals surface area contributed by atoms with Crippen LogP contribution in [0.5, 0.6) is 0 Å². The summed E-state index contributed by atoms with van der Waals surface area (Å²) in [5, 5.41) is 0. The fourth-order valence-corrected chi connectivity index (χ4v) is 5.95. The SMILES string of the molecule is CCCCCCCCCCCCCCCCCn1cc[n+](CCCCCCCCCCCC)c1CCCC. The van der Waals surface area contributed by atoms with E-state index in [1.54, 1.807) is 5.82 Å². The Hall–Kier alpha value is -0.790. The Morgan fingerprint density at radius 2 is 0.816 bits per heavy atom. The van der Waals surface area contributed by atoms with Gasteiger partial charge in [0.15, 0.2) is 0 Å². The highest BCUT2D eigenvalue weighted by Gasteiger charge is 2.16. The second-order valence-electron chi connectivity index (χ2n) is 12.3. The second kappa shape index (κ2) is 27.8. The van der Waals surface area contributed by atoms with Crippen LogP contribution in [0.1, 0.15) is 200 Å². The lowest BCUT2D eigenvalue weighted by Crippen LogP contribution is -2.37. The van der Waals surface area contributed by atoms with E-state index in [0.29, 0.717) is 0 Å². The van der Waals surface area contributed by atoms with Gasteiger partial charge < -0.3 is 0 Å². The first kappa shape index (κ1) is 35.2. The maximum absolute atomic E-state index is 2.59. The molecule has 0 saturated carbocycles. The molecule has 1 aromatic rings. The third-order valence-electron chi connectivity index (χ3n) is 8.60. The van der Waals surface area contributed by atoms with Crippen LogP contribution in [-0.2, 0) is 19.5 Å². The predicted molar refractivity (Wildman–Crippen MR) is 170 cm³/mol. The maximum atomic E-state index is 2.59. The summed E-state index contributed by atoms with van der Waals surface area (Å²) < 4.78 is 5.18. The van der Waals surface area contributed by atoms with Crippen molar-refractivity contribution in [2.24, 2.45) is 0 Å². The van der Waals surface area contributed by atoms with E-state index in [4.69, 9.17) is 0 Å². The van der Waals surface area contributed by atoms with Gasteiger partial charge in [0.1, 0.15) is 12.4 Å². The van der Waals surface area contributed by atoms with Gasteiger partial charge in [-0.15, -0.1) is 0 Å². The molecule has 0 fully saturated rings. The Balaban J connectivity index is 2.08. The molecule has 2 nitrogen and oxygen atoms in total. The summed E-state index contributed by atoms with van der Waals surface area (Å²) in [5.74, 6) is 1.59. The molecule has 1 heterocycles. The first-order valence-electron chi connectivity index (χ1n) is 17.9. The predicted octanol–water partition coefficient (Wildman–Crippen LogP) is 11.9. The average molecular weight is 532 g/mol. The van der Waals surface area contributed by atoms with Crippen LogP contribution in [0.3, 0.4) is 0 Å². The van der Waals surface area contributed by atoms with Gasteiger partial charge in [-0.05, 0) is 32.1 Å². The number of aromatic nitrogens is 2. The van der Waals surface area contributed by atoms with E-state index < -0.39 is 0 Å². The molecule has 1 aromatic heterocycles. The van der Waals surface area contributed by atoms with Gasteiger partial charge in [0.25, 0.3) is 5.82 Å². The van der Waals surface area contributed by atoms with E-state index in [0.717, 1.165) is 0 Å². The lowest BCUT2D eigenvalue weighted by molar-refractivity contribution is -0.704. The number of hydrogen-bond donors (Lipinski definition) is 0. The topological polar surface area (TPSA) is 8.81 Å². The summed E-state index contributed by atoms with van der Waals surface area (Å²) in [5.41, 5.74) is 0. The minimum Gasteiger partial charge on any atom is -0.234 e. The maximum Gasteiger partial charge on any atom is 0.256 e. The minimum atomic E-state index is 1.22. The molecular weight excluding hydrogens is 460 g/mol. The molecule has 0 unspecified atom stereocenters. The van der Waals surface area contributed by atoms with Gasteiger partial charge in [-0.25, -0.2) is 9.13 Å². The highest BCUT2D eigenvalue weighted by atomic mass is 15.1. The van der Waals surface area contributed by atoms with Crippen LogP contribution in [0.2, 0.25) is 0 Å². The van der Waals surface area contributed by atoms with Gasteiger partial charge in [0.05, 0.1) is 13.1 Å². The molecule has 0 aromatic carbocycles. The van der Waals surface area contributed by atoms with E-state index in [2.05, 4.69) is 42.3 Å². The Morgan fingerprint density at radius 1 is 0.447 bits per heavy atom. The van der Waals surface area contributed by atoms with E-state index >= 15 is 0 Å². The normalized spacial score (nSPS) is 11.6. The van der Waals surface area contributed by atoms with Crippen molar-refractivity contribution in [1.29, 1.82) is 0 Å². The van der Waals surface area contributed by atoms with Crippen LogP contribution < -0.4 is 4.57 Å². The number of imidazole rings is 1. The minimum absolute atomic E-state index is 1.22. The Morgan fingerprint density at radius 3 is 1.24 bits per heavy atom. The zero-order valence-corrected chi connectivity index (χ0v) is 26.8. The molecule has 0 radical (unpaired) electrons. The largest absolute Gasteiger partial charge is 0.256 e. The summed E-state index contributed by atoms with van der Waals surface area (Å²) in [6, 6.07) is 0. The molecule has 2 heteroatoms. The number of nitrogens with zero attached hydrogens (tertiary/aromatic N) is 2. The number of unbranched alkanes of at least 4 members (excludes halogenated alkanes) is 24. The molecule has 0 amide bonds. The fourth-order valence-electron chi connectivity index (χ4n) is 5.95. The fraction of sp³-hybridized carbons (Fsp3) is 0.917. The Labute approximate surface area is 240 Å². The molecular formula is C36H71N2+. The molecule has 1 rings (SSSR count).